The highest BCUT2D eigenvalue weighted by atomic mass is 32.1. The van der Waals surface area contributed by atoms with E-state index in [2.05, 4.69) is 18.7 Å². The summed E-state index contributed by atoms with van der Waals surface area (Å²) in [6.45, 7) is 6.13. The van der Waals surface area contributed by atoms with E-state index in [1.807, 2.05) is 0 Å². The first-order valence-electron chi connectivity index (χ1n) is 6.79. The third-order valence-corrected chi connectivity index (χ3v) is 4.96. The Morgan fingerprint density at radius 1 is 1.33 bits per heavy atom. The van der Waals surface area contributed by atoms with Gasteiger partial charge in [-0.25, -0.2) is 4.98 Å². The third-order valence-electron chi connectivity index (χ3n) is 3.67. The van der Waals surface area contributed by atoms with Crippen LogP contribution in [0.25, 0.3) is 0 Å². The zero-order valence-corrected chi connectivity index (χ0v) is 11.9. The van der Waals surface area contributed by atoms with E-state index in [0.717, 1.165) is 31.1 Å². The van der Waals surface area contributed by atoms with E-state index in [1.165, 1.54) is 17.0 Å². The number of ether oxygens (including phenoxy) is 1. The minimum Gasteiger partial charge on any atom is -0.372 e. The lowest BCUT2D eigenvalue weighted by Crippen LogP contribution is -2.45. The summed E-state index contributed by atoms with van der Waals surface area (Å²) in [7, 11) is 0. The van der Waals surface area contributed by atoms with E-state index in [4.69, 9.17) is 15.5 Å². The highest BCUT2D eigenvalue weighted by molar-refractivity contribution is 7.15. The summed E-state index contributed by atoms with van der Waals surface area (Å²) in [5, 5.41) is 1.14. The molecule has 1 aromatic rings. The van der Waals surface area contributed by atoms with Gasteiger partial charge in [-0.15, -0.1) is 0 Å². The number of fused-ring (bicyclic) bond motifs is 1. The summed E-state index contributed by atoms with van der Waals surface area (Å²) in [6, 6.07) is 0.205. The SMILES string of the molecule is CC1CN(c2nc3c(s2)C(N)CCC3)CC(C)O1. The van der Waals surface area contributed by atoms with Crippen LogP contribution < -0.4 is 10.6 Å². The summed E-state index contributed by atoms with van der Waals surface area (Å²) >= 11 is 1.79. The van der Waals surface area contributed by atoms with E-state index in [9.17, 15) is 0 Å². The molecular weight excluding hydrogens is 246 g/mol. The average Bonchev–Trinajstić information content (AvgIpc) is 2.73. The Balaban J connectivity index is 1.84. The second-order valence-electron chi connectivity index (χ2n) is 5.47. The Hall–Kier alpha value is -0.650. The Morgan fingerprint density at radius 3 is 2.72 bits per heavy atom. The van der Waals surface area contributed by atoms with Gasteiger partial charge in [-0.3, -0.25) is 0 Å². The summed E-state index contributed by atoms with van der Waals surface area (Å²) in [5.74, 6) is 0. The molecule has 3 rings (SSSR count). The lowest BCUT2D eigenvalue weighted by atomic mass is 9.99. The molecule has 1 aromatic heterocycles. The fourth-order valence-electron chi connectivity index (χ4n) is 2.91. The van der Waals surface area contributed by atoms with Crippen molar-refractivity contribution in [3.63, 3.8) is 0 Å². The molecule has 3 atom stereocenters. The third kappa shape index (κ3) is 2.27. The van der Waals surface area contributed by atoms with Gasteiger partial charge in [0.25, 0.3) is 0 Å². The number of thiazole rings is 1. The van der Waals surface area contributed by atoms with Crippen LogP contribution in [-0.4, -0.2) is 30.3 Å². The molecule has 1 aliphatic heterocycles. The van der Waals surface area contributed by atoms with E-state index in [0.29, 0.717) is 0 Å². The van der Waals surface area contributed by atoms with Crippen molar-refractivity contribution in [3.8, 4) is 0 Å². The van der Waals surface area contributed by atoms with Crippen molar-refractivity contribution < 1.29 is 4.74 Å². The van der Waals surface area contributed by atoms with Crippen LogP contribution in [0.15, 0.2) is 0 Å². The fraction of sp³-hybridized carbons (Fsp3) is 0.769. The number of morpholine rings is 1. The number of nitrogens with zero attached hydrogens (tertiary/aromatic N) is 2. The molecule has 2 N–H and O–H groups in total. The highest BCUT2D eigenvalue weighted by Gasteiger charge is 2.28. The molecule has 0 amide bonds. The van der Waals surface area contributed by atoms with Crippen LogP contribution in [0.4, 0.5) is 5.13 Å². The molecule has 3 unspecified atom stereocenters. The molecule has 5 heteroatoms. The fourth-order valence-corrected chi connectivity index (χ4v) is 4.07. The molecule has 18 heavy (non-hydrogen) atoms. The lowest BCUT2D eigenvalue weighted by molar-refractivity contribution is -0.00523. The van der Waals surface area contributed by atoms with Gasteiger partial charge in [0.1, 0.15) is 0 Å². The molecule has 4 nitrogen and oxygen atoms in total. The second kappa shape index (κ2) is 4.79. The van der Waals surface area contributed by atoms with Crippen LogP contribution in [0.1, 0.15) is 43.3 Å². The van der Waals surface area contributed by atoms with Crippen LogP contribution >= 0.6 is 11.3 Å². The maximum absolute atomic E-state index is 6.17. The molecular formula is C13H21N3OS. The van der Waals surface area contributed by atoms with Crippen LogP contribution in [0.2, 0.25) is 0 Å². The van der Waals surface area contributed by atoms with Crippen molar-refractivity contribution in [1.29, 1.82) is 0 Å². The van der Waals surface area contributed by atoms with Gasteiger partial charge >= 0.3 is 0 Å². The van der Waals surface area contributed by atoms with Crippen molar-refractivity contribution in [1.82, 2.24) is 4.98 Å². The molecule has 2 heterocycles. The van der Waals surface area contributed by atoms with Crippen LogP contribution in [0, 0.1) is 0 Å². The van der Waals surface area contributed by atoms with Crippen LogP contribution in [0.3, 0.4) is 0 Å². The standard InChI is InChI=1S/C13H21N3OS/c1-8-6-16(7-9(2)17-8)13-15-11-5-3-4-10(14)12(11)18-13/h8-10H,3-7,14H2,1-2H3. The van der Waals surface area contributed by atoms with Crippen LogP contribution in [0.5, 0.6) is 0 Å². The van der Waals surface area contributed by atoms with E-state index < -0.39 is 0 Å². The van der Waals surface area contributed by atoms with Gasteiger partial charge < -0.3 is 15.4 Å². The van der Waals surface area contributed by atoms with Crippen molar-refractivity contribution in [2.75, 3.05) is 18.0 Å². The molecule has 1 fully saturated rings. The normalized spacial score (nSPS) is 32.4. The number of hydrogen-bond acceptors (Lipinski definition) is 5. The summed E-state index contributed by atoms with van der Waals surface area (Å²) in [5.41, 5.74) is 7.41. The molecule has 0 aromatic carbocycles. The predicted molar refractivity (Wildman–Crippen MR) is 74.2 cm³/mol. The molecule has 0 radical (unpaired) electrons. The minimum absolute atomic E-state index is 0.205. The summed E-state index contributed by atoms with van der Waals surface area (Å²) < 4.78 is 5.77. The van der Waals surface area contributed by atoms with Gasteiger partial charge in [0.05, 0.1) is 17.9 Å². The number of anilines is 1. The molecule has 0 bridgehead atoms. The van der Waals surface area contributed by atoms with Gasteiger partial charge in [0.15, 0.2) is 5.13 Å². The van der Waals surface area contributed by atoms with Gasteiger partial charge in [-0.05, 0) is 33.1 Å². The average molecular weight is 267 g/mol. The maximum Gasteiger partial charge on any atom is 0.186 e. The zero-order valence-electron chi connectivity index (χ0n) is 11.1. The topological polar surface area (TPSA) is 51.4 Å². The van der Waals surface area contributed by atoms with Crippen LogP contribution in [-0.2, 0) is 11.2 Å². The molecule has 0 saturated carbocycles. The van der Waals surface area contributed by atoms with Crippen molar-refractivity contribution >= 4 is 16.5 Å². The van der Waals surface area contributed by atoms with E-state index >= 15 is 0 Å². The minimum atomic E-state index is 0.205. The smallest absolute Gasteiger partial charge is 0.186 e. The number of hydrogen-bond donors (Lipinski definition) is 1. The lowest BCUT2D eigenvalue weighted by Gasteiger charge is -2.35. The molecule has 1 aliphatic carbocycles. The Labute approximate surface area is 112 Å². The first-order valence-corrected chi connectivity index (χ1v) is 7.60. The molecule has 100 valence electrons. The Morgan fingerprint density at radius 2 is 2.06 bits per heavy atom. The van der Waals surface area contributed by atoms with Gasteiger partial charge in [0.2, 0.25) is 0 Å². The monoisotopic (exact) mass is 267 g/mol. The first kappa shape index (κ1) is 12.4. The van der Waals surface area contributed by atoms with E-state index in [-0.39, 0.29) is 18.2 Å². The highest BCUT2D eigenvalue weighted by Crippen LogP contribution is 2.37. The predicted octanol–water partition coefficient (Wildman–Crippen LogP) is 2.09. The number of rotatable bonds is 1. The van der Waals surface area contributed by atoms with E-state index in [1.54, 1.807) is 11.3 Å². The summed E-state index contributed by atoms with van der Waals surface area (Å²) in [6.07, 6.45) is 3.93. The summed E-state index contributed by atoms with van der Waals surface area (Å²) in [4.78, 5) is 8.47. The Bertz CT molecular complexity index is 424. The largest absolute Gasteiger partial charge is 0.372 e. The second-order valence-corrected chi connectivity index (χ2v) is 6.48. The quantitative estimate of drug-likeness (QED) is 0.846. The number of aromatic nitrogens is 1. The van der Waals surface area contributed by atoms with Gasteiger partial charge in [-0.1, -0.05) is 11.3 Å². The van der Waals surface area contributed by atoms with Gasteiger partial charge in [-0.2, -0.15) is 0 Å². The zero-order chi connectivity index (χ0) is 12.7. The Kier molecular flexibility index (Phi) is 3.30. The first-order chi connectivity index (χ1) is 8.63. The maximum atomic E-state index is 6.17. The van der Waals surface area contributed by atoms with Gasteiger partial charge in [0, 0.05) is 24.0 Å². The van der Waals surface area contributed by atoms with Crippen molar-refractivity contribution in [3.05, 3.63) is 10.6 Å². The molecule has 0 spiro atoms. The number of nitrogens with two attached hydrogens (primary N) is 1. The van der Waals surface area contributed by atoms with Crippen molar-refractivity contribution in [2.45, 2.75) is 51.4 Å². The molecule has 1 saturated heterocycles. The molecule has 2 aliphatic rings. The number of aryl methyl sites for hydroxylation is 1. The van der Waals surface area contributed by atoms with Crippen molar-refractivity contribution in [2.24, 2.45) is 5.73 Å².